The molecule has 0 aliphatic carbocycles. The lowest BCUT2D eigenvalue weighted by molar-refractivity contribution is 0.0699. The fourth-order valence-corrected chi connectivity index (χ4v) is 4.75. The summed E-state index contributed by atoms with van der Waals surface area (Å²) < 4.78 is 32.5. The largest absolute Gasteiger partial charge is 0.496 e. The van der Waals surface area contributed by atoms with E-state index in [-0.39, 0.29) is 17.7 Å². The lowest BCUT2D eigenvalue weighted by atomic mass is 10.0. The van der Waals surface area contributed by atoms with Crippen molar-refractivity contribution >= 4 is 27.5 Å². The van der Waals surface area contributed by atoms with Gasteiger partial charge in [0.15, 0.2) is 0 Å². The van der Waals surface area contributed by atoms with Crippen LogP contribution in [-0.4, -0.2) is 51.2 Å². The molecule has 0 spiro atoms. The third-order valence-corrected chi connectivity index (χ3v) is 6.11. The monoisotopic (exact) mass is 402 g/mol. The number of piperidine rings is 1. The number of nitrogens with zero attached hydrogens (tertiary/aromatic N) is 1. The number of nitrogens with one attached hydrogen (secondary N) is 1. The predicted octanol–water partition coefficient (Wildman–Crippen LogP) is 2.92. The normalized spacial score (nSPS) is 18.2. The van der Waals surface area contributed by atoms with Gasteiger partial charge in [-0.05, 0) is 43.4 Å². The van der Waals surface area contributed by atoms with Gasteiger partial charge in [0, 0.05) is 24.2 Å². The molecule has 146 valence electrons. The Morgan fingerprint density at radius 1 is 1.42 bits per heavy atom. The highest BCUT2D eigenvalue weighted by Crippen LogP contribution is 2.25. The molecular formula is C18H27ClN2O4S. The quantitative estimate of drug-likeness (QED) is 0.760. The maximum absolute atomic E-state index is 12.9. The Labute approximate surface area is 160 Å². The molecule has 26 heavy (non-hydrogen) atoms. The van der Waals surface area contributed by atoms with Crippen LogP contribution in [0.15, 0.2) is 18.2 Å². The van der Waals surface area contributed by atoms with Crippen LogP contribution < -0.4 is 9.46 Å². The summed E-state index contributed by atoms with van der Waals surface area (Å²) in [6, 6.07) is 4.64. The Bertz CT molecular complexity index is 737. The molecule has 0 radical (unpaired) electrons. The van der Waals surface area contributed by atoms with Crippen LogP contribution in [0.4, 0.5) is 0 Å². The molecule has 2 rings (SSSR count). The van der Waals surface area contributed by atoms with Gasteiger partial charge in [0.25, 0.3) is 5.91 Å². The van der Waals surface area contributed by atoms with E-state index in [1.165, 1.54) is 7.11 Å². The molecule has 0 bridgehead atoms. The molecular weight excluding hydrogens is 376 g/mol. The molecule has 6 nitrogen and oxygen atoms in total. The molecule has 0 aromatic heterocycles. The zero-order valence-corrected chi connectivity index (χ0v) is 17.1. The molecule has 1 saturated heterocycles. The third kappa shape index (κ3) is 5.86. The fraction of sp³-hybridized carbons (Fsp3) is 0.611. The number of sulfonamides is 1. The second-order valence-electron chi connectivity index (χ2n) is 7.05. The van der Waals surface area contributed by atoms with Crippen LogP contribution in [-0.2, 0) is 10.0 Å². The summed E-state index contributed by atoms with van der Waals surface area (Å²) in [6.45, 7) is 4.91. The number of benzene rings is 1. The van der Waals surface area contributed by atoms with Crippen LogP contribution >= 0.6 is 11.6 Å². The van der Waals surface area contributed by atoms with Crippen molar-refractivity contribution in [3.8, 4) is 5.75 Å². The van der Waals surface area contributed by atoms with Gasteiger partial charge in [0.2, 0.25) is 10.0 Å². The first-order valence-corrected chi connectivity index (χ1v) is 10.9. The minimum atomic E-state index is -3.34. The summed E-state index contributed by atoms with van der Waals surface area (Å²) in [6.07, 6.45) is 2.08. The van der Waals surface area contributed by atoms with Crippen molar-refractivity contribution in [3.63, 3.8) is 0 Å². The van der Waals surface area contributed by atoms with E-state index in [4.69, 9.17) is 16.3 Å². The van der Waals surface area contributed by atoms with Crippen molar-refractivity contribution in [1.82, 2.24) is 9.62 Å². The van der Waals surface area contributed by atoms with E-state index in [0.717, 1.165) is 12.8 Å². The number of ether oxygens (including phenoxy) is 1. The van der Waals surface area contributed by atoms with Crippen molar-refractivity contribution < 1.29 is 17.9 Å². The molecule has 1 aliphatic heterocycles. The van der Waals surface area contributed by atoms with Gasteiger partial charge in [-0.3, -0.25) is 4.79 Å². The average Bonchev–Trinajstić information content (AvgIpc) is 2.59. The van der Waals surface area contributed by atoms with Crippen molar-refractivity contribution in [2.45, 2.75) is 39.2 Å². The first-order valence-electron chi connectivity index (χ1n) is 8.84. The highest BCUT2D eigenvalue weighted by molar-refractivity contribution is 7.89. The molecule has 1 fully saturated rings. The van der Waals surface area contributed by atoms with Gasteiger partial charge >= 0.3 is 0 Å². The second kappa shape index (κ2) is 9.06. The number of likely N-dealkylation sites (tertiary alicyclic amines) is 1. The Morgan fingerprint density at radius 3 is 2.81 bits per heavy atom. The SMILES string of the molecule is COc1ccc(Cl)cc1C(=O)N1CCCC(NS(=O)(=O)CCC(C)C)C1. The van der Waals surface area contributed by atoms with Crippen LogP contribution in [0.5, 0.6) is 5.75 Å². The van der Waals surface area contributed by atoms with E-state index in [1.54, 1.807) is 23.1 Å². The topological polar surface area (TPSA) is 75.7 Å². The van der Waals surface area contributed by atoms with Crippen molar-refractivity contribution in [3.05, 3.63) is 28.8 Å². The smallest absolute Gasteiger partial charge is 0.257 e. The molecule has 1 amide bonds. The zero-order valence-electron chi connectivity index (χ0n) is 15.5. The average molecular weight is 403 g/mol. The van der Waals surface area contributed by atoms with Gasteiger partial charge in [-0.2, -0.15) is 0 Å². The summed E-state index contributed by atoms with van der Waals surface area (Å²) in [4.78, 5) is 14.5. The number of carbonyl (C=O) groups excluding carboxylic acids is 1. The van der Waals surface area contributed by atoms with Gasteiger partial charge < -0.3 is 9.64 Å². The highest BCUT2D eigenvalue weighted by Gasteiger charge is 2.28. The zero-order chi connectivity index (χ0) is 19.3. The summed E-state index contributed by atoms with van der Waals surface area (Å²) in [7, 11) is -1.84. The Morgan fingerprint density at radius 2 is 2.15 bits per heavy atom. The predicted molar refractivity (Wildman–Crippen MR) is 103 cm³/mol. The molecule has 1 aromatic carbocycles. The second-order valence-corrected chi connectivity index (χ2v) is 9.36. The molecule has 1 aromatic rings. The van der Waals surface area contributed by atoms with Crippen LogP contribution in [0, 0.1) is 5.92 Å². The van der Waals surface area contributed by atoms with Gasteiger partial charge in [-0.15, -0.1) is 0 Å². The molecule has 1 N–H and O–H groups in total. The van der Waals surface area contributed by atoms with E-state index < -0.39 is 10.0 Å². The van der Waals surface area contributed by atoms with Gasteiger partial charge in [0.1, 0.15) is 5.75 Å². The van der Waals surface area contributed by atoms with Crippen molar-refractivity contribution in [1.29, 1.82) is 0 Å². The number of rotatable bonds is 7. The summed E-state index contributed by atoms with van der Waals surface area (Å²) >= 11 is 6.01. The summed E-state index contributed by atoms with van der Waals surface area (Å²) in [5.41, 5.74) is 0.392. The Balaban J connectivity index is 2.06. The van der Waals surface area contributed by atoms with Crippen molar-refractivity contribution in [2.75, 3.05) is 26.0 Å². The van der Waals surface area contributed by atoms with Gasteiger partial charge in [0.05, 0.1) is 18.4 Å². The molecule has 1 atom stereocenters. The van der Waals surface area contributed by atoms with E-state index in [0.29, 0.717) is 41.8 Å². The maximum atomic E-state index is 12.9. The number of hydrogen-bond acceptors (Lipinski definition) is 4. The standard InChI is InChI=1S/C18H27ClN2O4S/c1-13(2)8-10-26(23,24)20-15-5-4-9-21(12-15)18(22)16-11-14(19)6-7-17(16)25-3/h6-7,11,13,15,20H,4-5,8-10,12H2,1-3H3. The molecule has 8 heteroatoms. The fourth-order valence-electron chi connectivity index (χ4n) is 2.98. The number of methoxy groups -OCH3 is 1. The van der Waals surface area contributed by atoms with E-state index in [2.05, 4.69) is 4.72 Å². The summed E-state index contributed by atoms with van der Waals surface area (Å²) in [5, 5.41) is 0.456. The number of carbonyl (C=O) groups is 1. The van der Waals surface area contributed by atoms with Gasteiger partial charge in [-0.1, -0.05) is 25.4 Å². The number of halogens is 1. The van der Waals surface area contributed by atoms with E-state index >= 15 is 0 Å². The number of amides is 1. The molecule has 0 saturated carbocycles. The lowest BCUT2D eigenvalue weighted by Gasteiger charge is -2.33. The first-order chi connectivity index (χ1) is 12.2. The van der Waals surface area contributed by atoms with Crippen LogP contribution in [0.3, 0.4) is 0 Å². The first kappa shape index (κ1) is 21.0. The summed E-state index contributed by atoms with van der Waals surface area (Å²) in [5.74, 6) is 0.692. The van der Waals surface area contributed by atoms with Crippen LogP contribution in [0.1, 0.15) is 43.5 Å². The Hall–Kier alpha value is -1.31. The Kier molecular flexibility index (Phi) is 7.32. The number of hydrogen-bond donors (Lipinski definition) is 1. The van der Waals surface area contributed by atoms with E-state index in [1.807, 2.05) is 13.8 Å². The maximum Gasteiger partial charge on any atom is 0.257 e. The lowest BCUT2D eigenvalue weighted by Crippen LogP contribution is -2.50. The molecule has 1 unspecified atom stereocenters. The minimum absolute atomic E-state index is 0.108. The third-order valence-electron chi connectivity index (χ3n) is 4.41. The van der Waals surface area contributed by atoms with Crippen molar-refractivity contribution in [2.24, 2.45) is 5.92 Å². The van der Waals surface area contributed by atoms with E-state index in [9.17, 15) is 13.2 Å². The minimum Gasteiger partial charge on any atom is -0.496 e. The molecule has 1 heterocycles. The highest BCUT2D eigenvalue weighted by atomic mass is 35.5. The van der Waals surface area contributed by atoms with Crippen LogP contribution in [0.2, 0.25) is 5.02 Å². The van der Waals surface area contributed by atoms with Crippen LogP contribution in [0.25, 0.3) is 0 Å². The molecule has 1 aliphatic rings. The van der Waals surface area contributed by atoms with Gasteiger partial charge in [-0.25, -0.2) is 13.1 Å².